The third-order valence-corrected chi connectivity index (χ3v) is 7.61. The minimum atomic E-state index is -0.564. The molecule has 0 bridgehead atoms. The number of thiazole rings is 1. The summed E-state index contributed by atoms with van der Waals surface area (Å²) in [4.78, 5) is 34.2. The molecule has 1 aromatic heterocycles. The molecular formula is C25H23ClIN3O2S. The number of rotatable bonds is 5. The normalized spacial score (nSPS) is 15.9. The van der Waals surface area contributed by atoms with E-state index in [9.17, 15) is 9.59 Å². The summed E-state index contributed by atoms with van der Waals surface area (Å²) in [6.45, 7) is 6.90. The number of likely N-dealkylation sites (N-methyl/N-ethyl adjacent to an activating group) is 1. The molecule has 3 aromatic rings. The van der Waals surface area contributed by atoms with E-state index in [0.717, 1.165) is 14.7 Å². The maximum absolute atomic E-state index is 13.6. The Kier molecular flexibility index (Phi) is 7.21. The molecule has 0 fully saturated rings. The molecule has 5 nitrogen and oxygen atoms in total. The summed E-state index contributed by atoms with van der Waals surface area (Å²) in [6.07, 6.45) is 1.88. The van der Waals surface area contributed by atoms with E-state index in [0.29, 0.717) is 38.7 Å². The van der Waals surface area contributed by atoms with Crippen LogP contribution in [0.2, 0.25) is 5.02 Å². The highest BCUT2D eigenvalue weighted by molar-refractivity contribution is 14.1. The first-order valence-corrected chi connectivity index (χ1v) is 12.9. The lowest BCUT2D eigenvalue weighted by Crippen LogP contribution is -2.43. The molecule has 0 unspecified atom stereocenters. The number of amides is 1. The molecule has 0 spiro atoms. The smallest absolute Gasteiger partial charge is 0.271 e. The molecule has 170 valence electrons. The Morgan fingerprint density at radius 3 is 2.39 bits per heavy atom. The number of aromatic nitrogens is 1. The van der Waals surface area contributed by atoms with Gasteiger partial charge in [-0.15, -0.1) is 0 Å². The van der Waals surface area contributed by atoms with E-state index in [-0.39, 0.29) is 11.5 Å². The van der Waals surface area contributed by atoms with Gasteiger partial charge in [0.25, 0.3) is 11.5 Å². The fourth-order valence-corrected chi connectivity index (χ4v) is 5.48. The van der Waals surface area contributed by atoms with Gasteiger partial charge in [-0.3, -0.25) is 14.2 Å². The Hall–Kier alpha value is -2.23. The number of nitrogens with zero attached hydrogens (tertiary/aromatic N) is 3. The monoisotopic (exact) mass is 591 g/mol. The number of carbonyl (C=O) groups is 1. The Bertz CT molecular complexity index is 1400. The van der Waals surface area contributed by atoms with Crippen LogP contribution in [0.5, 0.6) is 0 Å². The van der Waals surface area contributed by atoms with E-state index < -0.39 is 6.04 Å². The van der Waals surface area contributed by atoms with Crippen LogP contribution >= 0.6 is 45.5 Å². The van der Waals surface area contributed by atoms with Crippen molar-refractivity contribution in [3.63, 3.8) is 0 Å². The molecule has 0 aliphatic carbocycles. The lowest BCUT2D eigenvalue weighted by atomic mass is 9.94. The number of halogens is 2. The van der Waals surface area contributed by atoms with Gasteiger partial charge in [0.1, 0.15) is 0 Å². The van der Waals surface area contributed by atoms with Gasteiger partial charge in [-0.05, 0) is 84.8 Å². The molecule has 0 N–H and O–H groups in total. The van der Waals surface area contributed by atoms with Crippen LogP contribution in [0.3, 0.4) is 0 Å². The average molecular weight is 592 g/mol. The highest BCUT2D eigenvalue weighted by atomic mass is 127. The number of hydrogen-bond donors (Lipinski definition) is 0. The molecule has 33 heavy (non-hydrogen) atoms. The second-order valence-electron chi connectivity index (χ2n) is 7.66. The molecule has 4 rings (SSSR count). The van der Waals surface area contributed by atoms with Gasteiger partial charge in [0.15, 0.2) is 4.80 Å². The zero-order chi connectivity index (χ0) is 23.7. The Morgan fingerprint density at radius 2 is 1.79 bits per heavy atom. The number of hydrogen-bond acceptors (Lipinski definition) is 4. The summed E-state index contributed by atoms with van der Waals surface area (Å²) in [6, 6.07) is 14.7. The second-order valence-corrected chi connectivity index (χ2v) is 10.4. The van der Waals surface area contributed by atoms with Crippen molar-refractivity contribution >= 4 is 57.5 Å². The molecule has 2 heterocycles. The Labute approximate surface area is 214 Å². The van der Waals surface area contributed by atoms with Gasteiger partial charge in [0.05, 0.1) is 21.8 Å². The fraction of sp³-hybridized carbons (Fsp3) is 0.240. The van der Waals surface area contributed by atoms with Gasteiger partial charge >= 0.3 is 0 Å². The minimum Gasteiger partial charge on any atom is -0.339 e. The van der Waals surface area contributed by atoms with Crippen molar-refractivity contribution in [2.45, 2.75) is 26.8 Å². The van der Waals surface area contributed by atoms with Crippen LogP contribution in [-0.2, 0) is 4.79 Å². The van der Waals surface area contributed by atoms with E-state index in [4.69, 9.17) is 16.6 Å². The number of carbonyl (C=O) groups excluding carboxylic acids is 1. The molecule has 1 aliphatic rings. The number of fused-ring (bicyclic) bond motifs is 1. The van der Waals surface area contributed by atoms with Crippen LogP contribution in [0.4, 0.5) is 0 Å². The van der Waals surface area contributed by atoms with Crippen LogP contribution in [-0.4, -0.2) is 28.5 Å². The third kappa shape index (κ3) is 4.72. The van der Waals surface area contributed by atoms with Crippen molar-refractivity contribution in [1.82, 2.24) is 9.47 Å². The van der Waals surface area contributed by atoms with E-state index in [1.165, 1.54) is 11.3 Å². The molecule has 8 heteroatoms. The van der Waals surface area contributed by atoms with E-state index in [2.05, 4.69) is 22.6 Å². The first-order valence-electron chi connectivity index (χ1n) is 10.7. The Balaban J connectivity index is 1.95. The lowest BCUT2D eigenvalue weighted by Gasteiger charge is -2.29. The van der Waals surface area contributed by atoms with Gasteiger partial charge in [-0.2, -0.15) is 0 Å². The van der Waals surface area contributed by atoms with Crippen molar-refractivity contribution in [3.8, 4) is 0 Å². The summed E-state index contributed by atoms with van der Waals surface area (Å²) in [5, 5.41) is 0.599. The molecule has 0 saturated heterocycles. The van der Waals surface area contributed by atoms with Gasteiger partial charge < -0.3 is 4.90 Å². The maximum atomic E-state index is 13.6. The van der Waals surface area contributed by atoms with Crippen molar-refractivity contribution in [2.24, 2.45) is 4.99 Å². The van der Waals surface area contributed by atoms with Crippen LogP contribution in [0.15, 0.2) is 69.6 Å². The van der Waals surface area contributed by atoms with Crippen LogP contribution in [0, 0.1) is 3.57 Å². The quantitative estimate of drug-likeness (QED) is 0.414. The van der Waals surface area contributed by atoms with E-state index >= 15 is 0 Å². The van der Waals surface area contributed by atoms with Crippen LogP contribution < -0.4 is 14.9 Å². The third-order valence-electron chi connectivity index (χ3n) is 5.66. The predicted molar refractivity (Wildman–Crippen MR) is 142 cm³/mol. The predicted octanol–water partition coefficient (Wildman–Crippen LogP) is 4.36. The van der Waals surface area contributed by atoms with E-state index in [1.807, 2.05) is 63.2 Å². The molecule has 2 aromatic carbocycles. The minimum absolute atomic E-state index is 0.104. The van der Waals surface area contributed by atoms with Gasteiger partial charge in [0.2, 0.25) is 0 Å². The van der Waals surface area contributed by atoms with Gasteiger partial charge in [0, 0.05) is 21.7 Å². The van der Waals surface area contributed by atoms with Crippen molar-refractivity contribution in [3.05, 3.63) is 99.2 Å². The standard InChI is InChI=1S/C25H23ClIN3O2S/c1-4-29(5-2)24(32)21-15(3)28-25-30(22(21)17-8-10-18(26)11-9-17)23(31)20(33-25)14-16-6-12-19(27)13-7-16/h6-14,22H,4-5H2,1-3H3/b20-14+/t22-/m0/s1. The van der Waals surface area contributed by atoms with Crippen molar-refractivity contribution < 1.29 is 4.79 Å². The molecule has 1 aliphatic heterocycles. The molecule has 1 amide bonds. The summed E-state index contributed by atoms with van der Waals surface area (Å²) >= 11 is 9.73. The van der Waals surface area contributed by atoms with Gasteiger partial charge in [-0.1, -0.05) is 47.2 Å². The second kappa shape index (κ2) is 9.95. The zero-order valence-corrected chi connectivity index (χ0v) is 22.2. The summed E-state index contributed by atoms with van der Waals surface area (Å²) < 4.78 is 3.36. The topological polar surface area (TPSA) is 54.7 Å². The lowest BCUT2D eigenvalue weighted by molar-refractivity contribution is -0.127. The Morgan fingerprint density at radius 1 is 1.15 bits per heavy atom. The zero-order valence-electron chi connectivity index (χ0n) is 18.5. The fourth-order valence-electron chi connectivity index (χ4n) is 3.95. The first kappa shape index (κ1) is 23.9. The molecule has 1 atom stereocenters. The molecule has 0 radical (unpaired) electrons. The molecule has 0 saturated carbocycles. The highest BCUT2D eigenvalue weighted by Gasteiger charge is 2.34. The summed E-state index contributed by atoms with van der Waals surface area (Å²) in [5.41, 5.74) is 2.77. The summed E-state index contributed by atoms with van der Waals surface area (Å²) in [5.74, 6) is -0.104. The number of benzene rings is 2. The highest BCUT2D eigenvalue weighted by Crippen LogP contribution is 2.31. The largest absolute Gasteiger partial charge is 0.339 e. The maximum Gasteiger partial charge on any atom is 0.271 e. The van der Waals surface area contributed by atoms with Crippen LogP contribution in [0.25, 0.3) is 6.08 Å². The first-order chi connectivity index (χ1) is 15.8. The number of allylic oxidation sites excluding steroid dienone is 1. The van der Waals surface area contributed by atoms with E-state index in [1.54, 1.807) is 21.6 Å². The van der Waals surface area contributed by atoms with Crippen molar-refractivity contribution in [2.75, 3.05) is 13.1 Å². The molecular weight excluding hydrogens is 569 g/mol. The van der Waals surface area contributed by atoms with Crippen LogP contribution in [0.1, 0.15) is 37.9 Å². The van der Waals surface area contributed by atoms with Crippen molar-refractivity contribution in [1.29, 1.82) is 0 Å². The summed E-state index contributed by atoms with van der Waals surface area (Å²) in [7, 11) is 0. The van der Waals surface area contributed by atoms with Gasteiger partial charge in [-0.25, -0.2) is 4.99 Å². The average Bonchev–Trinajstić information content (AvgIpc) is 3.10. The SMILES string of the molecule is CCN(CC)C(=O)C1=C(C)N=c2s/c(=C/c3ccc(I)cc3)c(=O)n2[C@H]1c1ccc(Cl)cc1.